The average Bonchev–Trinajstić information content (AvgIpc) is 2.47. The second-order valence-corrected chi connectivity index (χ2v) is 6.88. The van der Waals surface area contributed by atoms with Gasteiger partial charge in [0.2, 0.25) is 0 Å². The minimum Gasteiger partial charge on any atom is -0.491 e. The molecule has 118 valence electrons. The molecule has 0 spiro atoms. The summed E-state index contributed by atoms with van der Waals surface area (Å²) in [5, 5.41) is 3.72. The normalized spacial score (nSPS) is 23.9. The van der Waals surface area contributed by atoms with Crippen molar-refractivity contribution in [2.45, 2.75) is 71.9 Å². The lowest BCUT2D eigenvalue weighted by atomic mass is 9.79. The van der Waals surface area contributed by atoms with E-state index >= 15 is 0 Å². The van der Waals surface area contributed by atoms with Crippen LogP contribution in [0.1, 0.15) is 59.8 Å². The summed E-state index contributed by atoms with van der Waals surface area (Å²) in [4.78, 5) is 0. The SMILES string of the molecule is CCC(C)Oc1cccc(NC2CCCC(C(C)C)C2)c1. The van der Waals surface area contributed by atoms with E-state index in [0.29, 0.717) is 6.04 Å². The molecule has 0 bridgehead atoms. The van der Waals surface area contributed by atoms with E-state index in [9.17, 15) is 0 Å². The van der Waals surface area contributed by atoms with Gasteiger partial charge in [-0.25, -0.2) is 0 Å². The van der Waals surface area contributed by atoms with Crippen LogP contribution in [0.4, 0.5) is 5.69 Å². The van der Waals surface area contributed by atoms with Crippen molar-refractivity contribution < 1.29 is 4.74 Å². The third-order valence-corrected chi connectivity index (χ3v) is 4.77. The molecule has 1 aliphatic rings. The highest BCUT2D eigenvalue weighted by atomic mass is 16.5. The number of nitrogens with one attached hydrogen (secondary N) is 1. The zero-order valence-corrected chi connectivity index (χ0v) is 14.1. The maximum absolute atomic E-state index is 5.91. The number of anilines is 1. The van der Waals surface area contributed by atoms with Crippen LogP contribution in [0.2, 0.25) is 0 Å². The zero-order valence-electron chi connectivity index (χ0n) is 14.1. The third kappa shape index (κ3) is 4.94. The van der Waals surface area contributed by atoms with E-state index < -0.39 is 0 Å². The fraction of sp³-hybridized carbons (Fsp3) is 0.684. The first kappa shape index (κ1) is 16.2. The molecule has 3 atom stereocenters. The number of hydrogen-bond acceptors (Lipinski definition) is 2. The Kier molecular flexibility index (Phi) is 5.96. The Hall–Kier alpha value is -1.18. The van der Waals surface area contributed by atoms with Crippen molar-refractivity contribution in [2.75, 3.05) is 5.32 Å². The van der Waals surface area contributed by atoms with Crippen LogP contribution in [0.25, 0.3) is 0 Å². The highest BCUT2D eigenvalue weighted by molar-refractivity contribution is 5.49. The summed E-state index contributed by atoms with van der Waals surface area (Å²) in [5.74, 6) is 2.65. The Morgan fingerprint density at radius 2 is 2.05 bits per heavy atom. The van der Waals surface area contributed by atoms with Crippen molar-refractivity contribution in [3.63, 3.8) is 0 Å². The monoisotopic (exact) mass is 289 g/mol. The van der Waals surface area contributed by atoms with E-state index in [1.165, 1.54) is 31.4 Å². The minimum atomic E-state index is 0.278. The van der Waals surface area contributed by atoms with Crippen LogP contribution in [0.3, 0.4) is 0 Å². The van der Waals surface area contributed by atoms with Crippen LogP contribution in [-0.4, -0.2) is 12.1 Å². The topological polar surface area (TPSA) is 21.3 Å². The summed E-state index contributed by atoms with van der Waals surface area (Å²) < 4.78 is 5.91. The van der Waals surface area contributed by atoms with Crippen LogP contribution in [0, 0.1) is 11.8 Å². The molecule has 0 heterocycles. The average molecular weight is 289 g/mol. The first-order valence-electron chi connectivity index (χ1n) is 8.61. The maximum atomic E-state index is 5.91. The quantitative estimate of drug-likeness (QED) is 0.747. The number of ether oxygens (including phenoxy) is 1. The summed E-state index contributed by atoms with van der Waals surface area (Å²) in [6.45, 7) is 8.98. The molecule has 0 aliphatic heterocycles. The fourth-order valence-electron chi connectivity index (χ4n) is 3.17. The van der Waals surface area contributed by atoms with Gasteiger partial charge in [0.05, 0.1) is 6.10 Å². The Bertz CT molecular complexity index is 429. The third-order valence-electron chi connectivity index (χ3n) is 4.77. The molecule has 2 nitrogen and oxygen atoms in total. The lowest BCUT2D eigenvalue weighted by Gasteiger charge is -2.32. The van der Waals surface area contributed by atoms with E-state index in [4.69, 9.17) is 4.74 Å². The van der Waals surface area contributed by atoms with Gasteiger partial charge in [0.25, 0.3) is 0 Å². The van der Waals surface area contributed by atoms with Gasteiger partial charge >= 0.3 is 0 Å². The smallest absolute Gasteiger partial charge is 0.121 e. The highest BCUT2D eigenvalue weighted by Gasteiger charge is 2.23. The first-order chi connectivity index (χ1) is 10.1. The first-order valence-corrected chi connectivity index (χ1v) is 8.61. The van der Waals surface area contributed by atoms with E-state index in [1.807, 2.05) is 0 Å². The van der Waals surface area contributed by atoms with E-state index in [0.717, 1.165) is 24.0 Å². The maximum Gasteiger partial charge on any atom is 0.121 e. The van der Waals surface area contributed by atoms with Crippen molar-refractivity contribution >= 4 is 5.69 Å². The van der Waals surface area contributed by atoms with Crippen LogP contribution in [0.15, 0.2) is 24.3 Å². The van der Waals surface area contributed by atoms with Gasteiger partial charge in [-0.2, -0.15) is 0 Å². The van der Waals surface area contributed by atoms with E-state index in [2.05, 4.69) is 57.3 Å². The van der Waals surface area contributed by atoms with Crippen molar-refractivity contribution in [2.24, 2.45) is 11.8 Å². The van der Waals surface area contributed by atoms with Gasteiger partial charge in [0.15, 0.2) is 0 Å². The summed E-state index contributed by atoms with van der Waals surface area (Å²) in [6.07, 6.45) is 6.65. The van der Waals surface area contributed by atoms with Crippen LogP contribution in [-0.2, 0) is 0 Å². The largest absolute Gasteiger partial charge is 0.491 e. The fourth-order valence-corrected chi connectivity index (χ4v) is 3.17. The summed E-state index contributed by atoms with van der Waals surface area (Å²) in [5.41, 5.74) is 1.20. The molecule has 21 heavy (non-hydrogen) atoms. The van der Waals surface area contributed by atoms with Gasteiger partial charge < -0.3 is 10.1 Å². The highest BCUT2D eigenvalue weighted by Crippen LogP contribution is 2.32. The van der Waals surface area contributed by atoms with Gasteiger partial charge in [0.1, 0.15) is 5.75 Å². The van der Waals surface area contributed by atoms with Gasteiger partial charge in [-0.1, -0.05) is 39.7 Å². The summed E-state index contributed by atoms with van der Waals surface area (Å²) in [7, 11) is 0. The van der Waals surface area contributed by atoms with Crippen LogP contribution in [0.5, 0.6) is 5.75 Å². The molecule has 1 N–H and O–H groups in total. The molecule has 0 radical (unpaired) electrons. The molecule has 0 aromatic heterocycles. The molecular weight excluding hydrogens is 258 g/mol. The molecule has 2 heteroatoms. The Morgan fingerprint density at radius 1 is 1.24 bits per heavy atom. The van der Waals surface area contributed by atoms with Crippen molar-refractivity contribution in [3.8, 4) is 5.75 Å². The molecule has 1 aromatic carbocycles. The molecule has 1 aromatic rings. The van der Waals surface area contributed by atoms with Crippen molar-refractivity contribution in [1.29, 1.82) is 0 Å². The van der Waals surface area contributed by atoms with Gasteiger partial charge in [-0.15, -0.1) is 0 Å². The molecule has 1 saturated carbocycles. The van der Waals surface area contributed by atoms with Crippen molar-refractivity contribution in [3.05, 3.63) is 24.3 Å². The molecule has 3 unspecified atom stereocenters. The summed E-state index contributed by atoms with van der Waals surface area (Å²) >= 11 is 0. The number of benzene rings is 1. The zero-order chi connectivity index (χ0) is 15.2. The van der Waals surface area contributed by atoms with E-state index in [-0.39, 0.29) is 6.10 Å². The molecule has 1 aliphatic carbocycles. The van der Waals surface area contributed by atoms with Crippen LogP contribution < -0.4 is 10.1 Å². The minimum absolute atomic E-state index is 0.278. The van der Waals surface area contributed by atoms with Gasteiger partial charge in [-0.3, -0.25) is 0 Å². The van der Waals surface area contributed by atoms with E-state index in [1.54, 1.807) is 0 Å². The second kappa shape index (κ2) is 7.72. The molecule has 0 amide bonds. The Labute approximate surface area is 130 Å². The van der Waals surface area contributed by atoms with Gasteiger partial charge in [0, 0.05) is 17.8 Å². The lowest BCUT2D eigenvalue weighted by Crippen LogP contribution is -2.29. The Morgan fingerprint density at radius 3 is 2.76 bits per heavy atom. The molecular formula is C19H31NO. The lowest BCUT2D eigenvalue weighted by molar-refractivity contribution is 0.217. The Balaban J connectivity index is 1.94. The number of rotatable bonds is 6. The predicted octanol–water partition coefficient (Wildman–Crippen LogP) is 5.49. The molecule has 0 saturated heterocycles. The van der Waals surface area contributed by atoms with Crippen LogP contribution >= 0.6 is 0 Å². The summed E-state index contributed by atoms with van der Waals surface area (Å²) in [6, 6.07) is 9.05. The molecule has 1 fully saturated rings. The van der Waals surface area contributed by atoms with Crippen molar-refractivity contribution in [1.82, 2.24) is 0 Å². The number of hydrogen-bond donors (Lipinski definition) is 1. The van der Waals surface area contributed by atoms with Gasteiger partial charge in [-0.05, 0) is 50.2 Å². The predicted molar refractivity (Wildman–Crippen MR) is 91.0 cm³/mol. The standard InChI is InChI=1S/C19H31NO/c1-5-15(4)21-19-11-7-10-18(13-19)20-17-9-6-8-16(12-17)14(2)3/h7,10-11,13-17,20H,5-6,8-9,12H2,1-4H3. The second-order valence-electron chi connectivity index (χ2n) is 6.88. The molecule has 2 rings (SSSR count).